The normalized spacial score (nSPS) is 19.5. The first kappa shape index (κ1) is 29.0. The number of Topliss-reactive ketones (excluding diaryl/α,β-unsaturated/α-hetero) is 1. The van der Waals surface area contributed by atoms with Gasteiger partial charge in [0.05, 0.1) is 23.8 Å². The van der Waals surface area contributed by atoms with E-state index in [1.807, 2.05) is 42.2 Å². The van der Waals surface area contributed by atoms with Crippen molar-refractivity contribution < 1.29 is 19.1 Å². The summed E-state index contributed by atoms with van der Waals surface area (Å²) in [6.45, 7) is 4.76. The van der Waals surface area contributed by atoms with Crippen molar-refractivity contribution in [1.82, 2.24) is 9.88 Å². The van der Waals surface area contributed by atoms with Crippen LogP contribution in [0.5, 0.6) is 11.5 Å². The van der Waals surface area contributed by atoms with Gasteiger partial charge in [-0.1, -0.05) is 0 Å². The number of ketones is 1. The third-order valence-electron chi connectivity index (χ3n) is 8.00. The molecule has 42 heavy (non-hydrogen) atoms. The second kappa shape index (κ2) is 13.4. The van der Waals surface area contributed by atoms with Crippen molar-refractivity contribution in [3.63, 3.8) is 0 Å². The van der Waals surface area contributed by atoms with Crippen LogP contribution in [0.3, 0.4) is 0 Å². The molecule has 0 atom stereocenters. The van der Waals surface area contributed by atoms with E-state index in [0.29, 0.717) is 29.9 Å². The Morgan fingerprint density at radius 2 is 1.38 bits per heavy atom. The van der Waals surface area contributed by atoms with Gasteiger partial charge in [0.2, 0.25) is 0 Å². The number of benzene rings is 2. The van der Waals surface area contributed by atoms with Crippen molar-refractivity contribution in [2.75, 3.05) is 13.1 Å². The number of carbonyl (C=O) groups excluding carboxylic acids is 2. The molecule has 0 unspecified atom stereocenters. The summed E-state index contributed by atoms with van der Waals surface area (Å²) in [6.07, 6.45) is 7.18. The highest BCUT2D eigenvalue weighted by molar-refractivity contribution is 5.99. The van der Waals surface area contributed by atoms with Gasteiger partial charge in [0.25, 0.3) is 5.91 Å². The van der Waals surface area contributed by atoms with E-state index >= 15 is 0 Å². The first-order valence-electron chi connectivity index (χ1n) is 14.6. The van der Waals surface area contributed by atoms with E-state index in [1.54, 1.807) is 43.5 Å². The van der Waals surface area contributed by atoms with Gasteiger partial charge in [0.15, 0.2) is 5.78 Å². The van der Waals surface area contributed by atoms with Crippen molar-refractivity contribution in [2.45, 2.75) is 70.6 Å². The molecule has 0 bridgehead atoms. The summed E-state index contributed by atoms with van der Waals surface area (Å²) in [5, 5.41) is 8.95. The molecule has 2 aromatic carbocycles. The fourth-order valence-corrected chi connectivity index (χ4v) is 5.47. The molecule has 0 spiro atoms. The molecule has 1 amide bonds. The zero-order valence-corrected chi connectivity index (χ0v) is 24.2. The van der Waals surface area contributed by atoms with Crippen molar-refractivity contribution in [3.8, 4) is 17.6 Å². The number of aliphatic imine (C=N–C) groups is 1. The zero-order valence-electron chi connectivity index (χ0n) is 24.2. The third kappa shape index (κ3) is 7.41. The number of aromatic nitrogens is 1. The van der Waals surface area contributed by atoms with Crippen LogP contribution in [0, 0.1) is 11.3 Å². The van der Waals surface area contributed by atoms with Gasteiger partial charge >= 0.3 is 0 Å². The number of ether oxygens (including phenoxy) is 2. The topological polar surface area (TPSA) is 105 Å². The number of hydrogen-bond acceptors (Lipinski definition) is 7. The van der Waals surface area contributed by atoms with Gasteiger partial charge in [0.1, 0.15) is 23.3 Å². The maximum atomic E-state index is 13.1. The number of carbonyl (C=O) groups is 2. The second-order valence-corrected chi connectivity index (χ2v) is 11.0. The van der Waals surface area contributed by atoms with E-state index in [0.717, 1.165) is 61.3 Å². The number of pyridine rings is 1. The van der Waals surface area contributed by atoms with Gasteiger partial charge in [0, 0.05) is 49.0 Å². The van der Waals surface area contributed by atoms with Crippen LogP contribution in [0.25, 0.3) is 0 Å². The lowest BCUT2D eigenvalue weighted by Crippen LogP contribution is -2.42. The van der Waals surface area contributed by atoms with E-state index in [2.05, 4.69) is 11.1 Å². The van der Waals surface area contributed by atoms with Crippen LogP contribution in [0.15, 0.2) is 71.9 Å². The Hall–Kier alpha value is -4.51. The van der Waals surface area contributed by atoms with Crippen LogP contribution >= 0.6 is 0 Å². The lowest BCUT2D eigenvalue weighted by atomic mass is 9.93. The van der Waals surface area contributed by atoms with E-state index in [1.165, 1.54) is 0 Å². The molecule has 2 aliphatic rings. The number of hydrogen-bond donors (Lipinski definition) is 0. The van der Waals surface area contributed by atoms with Gasteiger partial charge in [-0.15, -0.1) is 0 Å². The average Bonchev–Trinajstić information content (AvgIpc) is 3.03. The number of nitriles is 1. The maximum Gasteiger partial charge on any atom is 0.272 e. The quantitative estimate of drug-likeness (QED) is 0.244. The van der Waals surface area contributed by atoms with Crippen LogP contribution in [0.4, 0.5) is 0 Å². The summed E-state index contributed by atoms with van der Waals surface area (Å²) < 4.78 is 12.2. The predicted molar refractivity (Wildman–Crippen MR) is 160 cm³/mol. The molecular formula is C34H36N4O4. The van der Waals surface area contributed by atoms with Crippen molar-refractivity contribution >= 4 is 17.4 Å². The van der Waals surface area contributed by atoms with Gasteiger partial charge in [-0.3, -0.25) is 19.6 Å². The lowest BCUT2D eigenvalue weighted by molar-refractivity contribution is 0.0590. The lowest BCUT2D eigenvalue weighted by Gasteiger charge is -2.32. The molecule has 2 heterocycles. The molecule has 2 fully saturated rings. The highest BCUT2D eigenvalue weighted by Crippen LogP contribution is 2.26. The summed E-state index contributed by atoms with van der Waals surface area (Å²) in [4.78, 5) is 35.8. The largest absolute Gasteiger partial charge is 0.490 e. The van der Waals surface area contributed by atoms with Gasteiger partial charge in [-0.2, -0.15) is 5.26 Å². The van der Waals surface area contributed by atoms with Crippen LogP contribution in [-0.2, 0) is 0 Å². The Morgan fingerprint density at radius 1 is 0.810 bits per heavy atom. The number of amides is 1. The van der Waals surface area contributed by atoms with Crippen molar-refractivity contribution in [1.29, 1.82) is 5.26 Å². The van der Waals surface area contributed by atoms with Crippen LogP contribution in [0.2, 0.25) is 0 Å². The van der Waals surface area contributed by atoms with E-state index < -0.39 is 0 Å². The molecule has 1 aliphatic heterocycles. The molecule has 8 heteroatoms. The van der Waals surface area contributed by atoms with E-state index in [9.17, 15) is 9.59 Å². The maximum absolute atomic E-state index is 13.1. The standard InChI is InChI=1S/C34H36N4O4/c1-23(37-28-8-14-31(15-9-28)41-29-10-3-25(21-35)4-11-29)27-7-16-33(36-22-27)34(40)38-19-17-32(18-20-38)42-30-12-5-26(6-13-30)24(2)39/h3-7,10-13,16,22,28,31-32H,8-9,14-15,17-20H2,1-2H3. The van der Waals surface area contributed by atoms with E-state index in [4.69, 9.17) is 19.7 Å². The highest BCUT2D eigenvalue weighted by Gasteiger charge is 2.26. The molecule has 1 aliphatic carbocycles. The molecule has 5 rings (SSSR count). The number of rotatable bonds is 8. The summed E-state index contributed by atoms with van der Waals surface area (Å²) in [6, 6.07) is 20.5. The predicted octanol–water partition coefficient (Wildman–Crippen LogP) is 6.04. The molecular weight excluding hydrogens is 528 g/mol. The monoisotopic (exact) mass is 564 g/mol. The molecule has 8 nitrogen and oxygen atoms in total. The smallest absolute Gasteiger partial charge is 0.272 e. The number of nitrogens with zero attached hydrogens (tertiary/aromatic N) is 4. The van der Waals surface area contributed by atoms with Gasteiger partial charge < -0.3 is 14.4 Å². The van der Waals surface area contributed by atoms with Crippen LogP contribution in [0.1, 0.15) is 84.3 Å². The minimum Gasteiger partial charge on any atom is -0.490 e. The Morgan fingerprint density at radius 3 is 1.93 bits per heavy atom. The number of likely N-dealkylation sites (tertiary alicyclic amines) is 1. The summed E-state index contributed by atoms with van der Waals surface area (Å²) >= 11 is 0. The number of piperidine rings is 1. The van der Waals surface area contributed by atoms with Crippen molar-refractivity contribution in [2.24, 2.45) is 4.99 Å². The van der Waals surface area contributed by atoms with Crippen LogP contribution in [-0.4, -0.2) is 58.6 Å². The summed E-state index contributed by atoms with van der Waals surface area (Å²) in [7, 11) is 0. The molecule has 3 aromatic rings. The molecule has 1 saturated heterocycles. The molecule has 0 N–H and O–H groups in total. The zero-order chi connectivity index (χ0) is 29.5. The first-order chi connectivity index (χ1) is 20.4. The van der Waals surface area contributed by atoms with Gasteiger partial charge in [-0.05, 0) is 100 Å². The molecule has 1 aromatic heterocycles. The average molecular weight is 565 g/mol. The molecule has 1 saturated carbocycles. The second-order valence-electron chi connectivity index (χ2n) is 11.0. The van der Waals surface area contributed by atoms with E-state index in [-0.39, 0.29) is 29.9 Å². The summed E-state index contributed by atoms with van der Waals surface area (Å²) in [5.41, 5.74) is 3.57. The fourth-order valence-electron chi connectivity index (χ4n) is 5.47. The third-order valence-corrected chi connectivity index (χ3v) is 8.00. The minimum absolute atomic E-state index is 0.0309. The summed E-state index contributed by atoms with van der Waals surface area (Å²) in [5.74, 6) is 1.50. The molecule has 0 radical (unpaired) electrons. The Balaban J connectivity index is 1.08. The Bertz CT molecular complexity index is 1440. The first-order valence-corrected chi connectivity index (χ1v) is 14.6. The molecule has 216 valence electrons. The Kier molecular flexibility index (Phi) is 9.28. The fraction of sp³-hybridized carbons (Fsp3) is 0.382. The van der Waals surface area contributed by atoms with Crippen LogP contribution < -0.4 is 9.47 Å². The SMILES string of the molecule is CC(=O)c1ccc(OC2CCN(C(=O)c3ccc(C(C)=NC4CCC(Oc5ccc(C#N)cc5)CC4)cn3)CC2)cc1. The Labute approximate surface area is 247 Å². The van der Waals surface area contributed by atoms with Gasteiger partial charge in [-0.25, -0.2) is 0 Å². The minimum atomic E-state index is -0.0685. The van der Waals surface area contributed by atoms with Crippen molar-refractivity contribution in [3.05, 3.63) is 89.2 Å². The highest BCUT2D eigenvalue weighted by atomic mass is 16.5.